The summed E-state index contributed by atoms with van der Waals surface area (Å²) in [5.41, 5.74) is 4.95. The van der Waals surface area contributed by atoms with Crippen LogP contribution < -0.4 is 0 Å². The third-order valence-electron chi connectivity index (χ3n) is 6.61. The molecule has 0 radical (unpaired) electrons. The molecule has 0 unspecified atom stereocenters. The van der Waals surface area contributed by atoms with Gasteiger partial charge in [-0.15, -0.1) is 0 Å². The lowest BCUT2D eigenvalue weighted by Gasteiger charge is -2.36. The van der Waals surface area contributed by atoms with Crippen molar-refractivity contribution in [3.63, 3.8) is 0 Å². The van der Waals surface area contributed by atoms with E-state index in [1.807, 2.05) is 32.0 Å². The molecule has 0 saturated carbocycles. The summed E-state index contributed by atoms with van der Waals surface area (Å²) in [6.07, 6.45) is 0.495. The van der Waals surface area contributed by atoms with E-state index in [-0.39, 0.29) is 24.2 Å². The van der Waals surface area contributed by atoms with Crippen molar-refractivity contribution in [2.75, 3.05) is 39.3 Å². The molecule has 2 aromatic carbocycles. The molecule has 0 spiro atoms. The topological polar surface area (TPSA) is 43.9 Å². The molecule has 0 atom stereocenters. The predicted octanol–water partition coefficient (Wildman–Crippen LogP) is 3.40. The summed E-state index contributed by atoms with van der Waals surface area (Å²) in [6.45, 7) is 10.6. The molecular weight excluding hydrogens is 405 g/mol. The molecule has 2 aromatic rings. The quantitative estimate of drug-likeness (QED) is 0.653. The van der Waals surface area contributed by atoms with Crippen molar-refractivity contribution in [3.05, 3.63) is 76.2 Å². The first kappa shape index (κ1) is 22.2. The molecular formula is C26H30FN3O2. The standard InChI is InChI=1S/C26H30FN3O2/c1-4-28-13-15-29(16-14-28)24-23(21-8-5-18(2)19(3)17-21)25(31)30(26(24)32)12-11-20-6-9-22(27)10-7-20/h5-10,17H,4,11-16H2,1-3H3. The zero-order valence-electron chi connectivity index (χ0n) is 19.0. The predicted molar refractivity (Wildman–Crippen MR) is 123 cm³/mol. The first-order chi connectivity index (χ1) is 15.4. The molecule has 5 nitrogen and oxygen atoms in total. The SMILES string of the molecule is CCN1CCN(C2=C(c3ccc(C)c(C)c3)C(=O)N(CCc3ccc(F)cc3)C2=O)CC1. The number of benzene rings is 2. The zero-order valence-corrected chi connectivity index (χ0v) is 19.0. The number of halogens is 1. The average Bonchev–Trinajstić information content (AvgIpc) is 3.05. The molecule has 4 rings (SSSR count). The molecule has 1 fully saturated rings. The van der Waals surface area contributed by atoms with E-state index in [9.17, 15) is 14.0 Å². The van der Waals surface area contributed by atoms with Crippen LogP contribution in [0.3, 0.4) is 0 Å². The Labute approximate surface area is 189 Å². The minimum absolute atomic E-state index is 0.227. The number of nitrogens with zero attached hydrogens (tertiary/aromatic N) is 3. The van der Waals surface area contributed by atoms with Crippen molar-refractivity contribution < 1.29 is 14.0 Å². The largest absolute Gasteiger partial charge is 0.364 e. The van der Waals surface area contributed by atoms with Crippen molar-refractivity contribution in [1.29, 1.82) is 0 Å². The summed E-state index contributed by atoms with van der Waals surface area (Å²) >= 11 is 0. The Hall–Kier alpha value is -2.99. The van der Waals surface area contributed by atoms with Gasteiger partial charge in [-0.05, 0) is 61.2 Å². The van der Waals surface area contributed by atoms with E-state index in [1.54, 1.807) is 12.1 Å². The number of carbonyl (C=O) groups is 2. The second kappa shape index (κ2) is 9.25. The molecule has 2 aliphatic rings. The van der Waals surface area contributed by atoms with E-state index in [2.05, 4.69) is 16.7 Å². The molecule has 2 amide bonds. The molecule has 32 heavy (non-hydrogen) atoms. The van der Waals surface area contributed by atoms with Gasteiger partial charge in [0.2, 0.25) is 0 Å². The van der Waals surface area contributed by atoms with Gasteiger partial charge in [-0.2, -0.15) is 0 Å². The molecule has 168 valence electrons. The lowest BCUT2D eigenvalue weighted by molar-refractivity contribution is -0.137. The summed E-state index contributed by atoms with van der Waals surface area (Å²) in [5, 5.41) is 0. The second-order valence-electron chi connectivity index (χ2n) is 8.58. The number of carbonyl (C=O) groups excluding carboxylic acids is 2. The second-order valence-corrected chi connectivity index (χ2v) is 8.58. The van der Waals surface area contributed by atoms with Crippen LogP contribution in [0.1, 0.15) is 29.2 Å². The number of imide groups is 1. The van der Waals surface area contributed by atoms with Crippen LogP contribution in [0.2, 0.25) is 0 Å². The van der Waals surface area contributed by atoms with Crippen LogP contribution >= 0.6 is 0 Å². The monoisotopic (exact) mass is 435 g/mol. The van der Waals surface area contributed by atoms with Gasteiger partial charge in [0.15, 0.2) is 0 Å². The number of likely N-dealkylation sites (N-methyl/N-ethyl adjacent to an activating group) is 1. The van der Waals surface area contributed by atoms with Gasteiger partial charge >= 0.3 is 0 Å². The number of piperazine rings is 1. The fraction of sp³-hybridized carbons (Fsp3) is 0.385. The molecule has 0 N–H and O–H groups in total. The minimum atomic E-state index is -0.297. The normalized spacial score (nSPS) is 17.6. The molecule has 2 aliphatic heterocycles. The Bertz CT molecular complexity index is 1050. The average molecular weight is 436 g/mol. The zero-order chi connectivity index (χ0) is 22.8. The molecule has 0 aliphatic carbocycles. The highest BCUT2D eigenvalue weighted by molar-refractivity contribution is 6.35. The van der Waals surface area contributed by atoms with Gasteiger partial charge in [0.25, 0.3) is 11.8 Å². The maximum atomic E-state index is 13.5. The van der Waals surface area contributed by atoms with Gasteiger partial charge in [-0.1, -0.05) is 37.3 Å². The van der Waals surface area contributed by atoms with E-state index in [1.165, 1.54) is 17.0 Å². The Morgan fingerprint density at radius 3 is 2.19 bits per heavy atom. The van der Waals surface area contributed by atoms with Crippen molar-refractivity contribution in [1.82, 2.24) is 14.7 Å². The van der Waals surface area contributed by atoms with Gasteiger partial charge < -0.3 is 9.80 Å². The molecule has 0 aromatic heterocycles. The Morgan fingerprint density at radius 1 is 0.875 bits per heavy atom. The first-order valence-corrected chi connectivity index (χ1v) is 11.3. The van der Waals surface area contributed by atoms with Crippen LogP contribution in [0.4, 0.5) is 4.39 Å². The van der Waals surface area contributed by atoms with E-state index in [0.29, 0.717) is 17.7 Å². The highest BCUT2D eigenvalue weighted by Gasteiger charge is 2.41. The van der Waals surface area contributed by atoms with Crippen molar-refractivity contribution >= 4 is 17.4 Å². The lowest BCUT2D eigenvalue weighted by atomic mass is 9.99. The van der Waals surface area contributed by atoms with Crippen LogP contribution in [0, 0.1) is 19.7 Å². The summed E-state index contributed by atoms with van der Waals surface area (Å²) < 4.78 is 13.2. The van der Waals surface area contributed by atoms with Gasteiger partial charge in [0, 0.05) is 32.7 Å². The van der Waals surface area contributed by atoms with Gasteiger partial charge in [0.05, 0.1) is 5.57 Å². The van der Waals surface area contributed by atoms with E-state index >= 15 is 0 Å². The number of hydrogen-bond donors (Lipinski definition) is 0. The Kier molecular flexibility index (Phi) is 6.42. The summed E-state index contributed by atoms with van der Waals surface area (Å²) in [5.74, 6) is -0.766. The highest BCUT2D eigenvalue weighted by atomic mass is 19.1. The van der Waals surface area contributed by atoms with E-state index < -0.39 is 0 Å². The van der Waals surface area contributed by atoms with Crippen LogP contribution in [-0.4, -0.2) is 65.8 Å². The number of hydrogen-bond acceptors (Lipinski definition) is 4. The van der Waals surface area contributed by atoms with Crippen molar-refractivity contribution in [2.45, 2.75) is 27.2 Å². The summed E-state index contributed by atoms with van der Waals surface area (Å²) in [6, 6.07) is 12.1. The highest BCUT2D eigenvalue weighted by Crippen LogP contribution is 2.33. The number of amides is 2. The van der Waals surface area contributed by atoms with Crippen LogP contribution in [0.15, 0.2) is 48.2 Å². The van der Waals surface area contributed by atoms with Crippen molar-refractivity contribution in [3.8, 4) is 0 Å². The third-order valence-corrected chi connectivity index (χ3v) is 6.61. The van der Waals surface area contributed by atoms with Gasteiger partial charge in [-0.25, -0.2) is 4.39 Å². The van der Waals surface area contributed by atoms with E-state index in [0.717, 1.165) is 55.0 Å². The summed E-state index contributed by atoms with van der Waals surface area (Å²) in [4.78, 5) is 32.8. The van der Waals surface area contributed by atoms with Gasteiger partial charge in [-0.3, -0.25) is 14.5 Å². The third kappa shape index (κ3) is 4.32. The maximum absolute atomic E-state index is 13.5. The minimum Gasteiger partial charge on any atom is -0.364 e. The smallest absolute Gasteiger partial charge is 0.277 e. The maximum Gasteiger partial charge on any atom is 0.277 e. The molecule has 1 saturated heterocycles. The van der Waals surface area contributed by atoms with Crippen LogP contribution in [0.25, 0.3) is 5.57 Å². The number of aryl methyl sites for hydroxylation is 2. The Morgan fingerprint density at radius 2 is 1.56 bits per heavy atom. The van der Waals surface area contributed by atoms with Crippen LogP contribution in [-0.2, 0) is 16.0 Å². The Balaban J connectivity index is 1.64. The molecule has 0 bridgehead atoms. The lowest BCUT2D eigenvalue weighted by Crippen LogP contribution is -2.47. The molecule has 6 heteroatoms. The van der Waals surface area contributed by atoms with Crippen molar-refractivity contribution in [2.24, 2.45) is 0 Å². The summed E-state index contributed by atoms with van der Waals surface area (Å²) in [7, 11) is 0. The van der Waals surface area contributed by atoms with Crippen LogP contribution in [0.5, 0.6) is 0 Å². The van der Waals surface area contributed by atoms with Gasteiger partial charge in [0.1, 0.15) is 11.5 Å². The first-order valence-electron chi connectivity index (χ1n) is 11.3. The number of rotatable bonds is 6. The molecule has 2 heterocycles. The fourth-order valence-corrected chi connectivity index (χ4v) is 4.40. The van der Waals surface area contributed by atoms with E-state index in [4.69, 9.17) is 0 Å². The fourth-order valence-electron chi connectivity index (χ4n) is 4.40.